The molecule has 1 saturated heterocycles. The number of hydrogen-bond acceptors (Lipinski definition) is 7. The lowest BCUT2D eigenvalue weighted by molar-refractivity contribution is -0.384. The van der Waals surface area contributed by atoms with Crippen molar-refractivity contribution in [2.24, 2.45) is 0 Å². The molecule has 3 rings (SSSR count). The van der Waals surface area contributed by atoms with Crippen LogP contribution in [0.1, 0.15) is 36.7 Å². The fourth-order valence-electron chi connectivity index (χ4n) is 4.18. The normalized spacial score (nSPS) is 15.7. The Morgan fingerprint density at radius 2 is 1.70 bits per heavy atom. The summed E-state index contributed by atoms with van der Waals surface area (Å²) in [6.07, 6.45) is -5.18. The van der Waals surface area contributed by atoms with Crippen molar-refractivity contribution >= 4 is 28.2 Å². The van der Waals surface area contributed by atoms with Crippen molar-refractivity contribution in [2.45, 2.75) is 32.5 Å². The number of halogens is 3. The lowest BCUT2D eigenvalue weighted by Gasteiger charge is -2.34. The molecular weight excluding hydrogens is 445 g/mol. The van der Waals surface area contributed by atoms with E-state index in [-0.39, 0.29) is 16.6 Å². The van der Waals surface area contributed by atoms with Crippen molar-refractivity contribution in [3.8, 4) is 0 Å². The van der Waals surface area contributed by atoms with Crippen molar-refractivity contribution in [1.82, 2.24) is 9.47 Å². The second-order valence-electron chi connectivity index (χ2n) is 9.01. The van der Waals surface area contributed by atoms with Crippen LogP contribution in [0.25, 0.3) is 10.9 Å². The van der Waals surface area contributed by atoms with E-state index in [0.29, 0.717) is 26.2 Å². The molecule has 2 heterocycles. The van der Waals surface area contributed by atoms with Crippen LogP contribution in [-0.2, 0) is 16.5 Å². The second kappa shape index (κ2) is 8.32. The van der Waals surface area contributed by atoms with Gasteiger partial charge < -0.3 is 14.5 Å². The molecule has 1 aliphatic rings. The smallest absolute Gasteiger partial charge is 0.465 e. The summed E-state index contributed by atoms with van der Waals surface area (Å²) in [5.41, 5.74) is -4.38. The summed E-state index contributed by atoms with van der Waals surface area (Å²) in [4.78, 5) is 40.4. The quantitative estimate of drug-likeness (QED) is 0.386. The third kappa shape index (κ3) is 4.39. The number of nitrogens with zero attached hydrogens (tertiary/aromatic N) is 4. The van der Waals surface area contributed by atoms with Crippen LogP contribution in [0.4, 0.5) is 24.5 Å². The van der Waals surface area contributed by atoms with Gasteiger partial charge in [-0.05, 0) is 24.1 Å². The van der Waals surface area contributed by atoms with Crippen LogP contribution in [0.3, 0.4) is 0 Å². The van der Waals surface area contributed by atoms with E-state index in [0.717, 1.165) is 19.2 Å². The van der Waals surface area contributed by atoms with Crippen LogP contribution >= 0.6 is 0 Å². The summed E-state index contributed by atoms with van der Waals surface area (Å²) in [7, 11) is 2.83. The molecule has 0 atom stereocenters. The lowest BCUT2D eigenvalue weighted by Crippen LogP contribution is -2.44. The van der Waals surface area contributed by atoms with Gasteiger partial charge in [0, 0.05) is 37.6 Å². The number of nitro groups is 1. The van der Waals surface area contributed by atoms with Crippen LogP contribution in [0.5, 0.6) is 0 Å². The predicted octanol–water partition coefficient (Wildman–Crippen LogP) is 3.22. The maximum Gasteiger partial charge on any atom is 0.491 e. The summed E-state index contributed by atoms with van der Waals surface area (Å²) >= 11 is 0. The Bertz CT molecular complexity index is 1180. The van der Waals surface area contributed by atoms with E-state index in [9.17, 15) is 32.9 Å². The van der Waals surface area contributed by atoms with Crippen LogP contribution in [-0.4, -0.2) is 60.7 Å². The number of carbonyl (C=O) groups excluding carboxylic acids is 1. The number of pyridine rings is 1. The zero-order valence-electron chi connectivity index (χ0n) is 18.9. The number of benzene rings is 1. The number of ether oxygens (including phenoxy) is 1. The van der Waals surface area contributed by atoms with Crippen molar-refractivity contribution in [3.63, 3.8) is 0 Å². The first-order chi connectivity index (χ1) is 15.2. The van der Waals surface area contributed by atoms with E-state index in [1.807, 2.05) is 11.9 Å². The molecule has 1 aromatic heterocycles. The zero-order valence-corrected chi connectivity index (χ0v) is 18.9. The molecule has 33 heavy (non-hydrogen) atoms. The molecule has 0 radical (unpaired) electrons. The third-order valence-electron chi connectivity index (χ3n) is 5.70. The van der Waals surface area contributed by atoms with Gasteiger partial charge in [-0.3, -0.25) is 14.9 Å². The molecule has 0 aliphatic carbocycles. The number of carbonyl (C=O) groups is 1. The Labute approximate surface area is 187 Å². The summed E-state index contributed by atoms with van der Waals surface area (Å²) in [5, 5.41) is 11.7. The highest BCUT2D eigenvalue weighted by Gasteiger charge is 2.40. The molecular formula is C21H25F3N4O5. The first-order valence-corrected chi connectivity index (χ1v) is 10.2. The zero-order chi connectivity index (χ0) is 24.9. The van der Waals surface area contributed by atoms with E-state index in [4.69, 9.17) is 0 Å². The fourth-order valence-corrected chi connectivity index (χ4v) is 4.18. The lowest BCUT2D eigenvalue weighted by atomic mass is 9.81. The Balaban J connectivity index is 2.54. The maximum atomic E-state index is 14.1. The largest absolute Gasteiger partial charge is 0.491 e. The minimum absolute atomic E-state index is 0.0105. The topological polar surface area (TPSA) is 97.9 Å². The number of aromatic nitrogens is 1. The molecule has 0 N–H and O–H groups in total. The van der Waals surface area contributed by atoms with E-state index in [1.165, 1.54) is 0 Å². The molecule has 9 nitrogen and oxygen atoms in total. The third-order valence-corrected chi connectivity index (χ3v) is 5.70. The molecule has 0 saturated carbocycles. The van der Waals surface area contributed by atoms with Gasteiger partial charge in [0.05, 0.1) is 17.5 Å². The Kier molecular flexibility index (Phi) is 6.18. The average molecular weight is 470 g/mol. The number of piperazine rings is 1. The van der Waals surface area contributed by atoms with Gasteiger partial charge in [-0.1, -0.05) is 20.8 Å². The molecule has 0 amide bonds. The minimum atomic E-state index is -5.18. The van der Waals surface area contributed by atoms with Crippen LogP contribution in [0.2, 0.25) is 0 Å². The van der Waals surface area contributed by atoms with Gasteiger partial charge >= 0.3 is 12.3 Å². The standard InChI is InChI=1S/C21H25F3N4O5/c1-20(2,3)17-12-10-15(28(31)32)14(26-8-6-25(4)7-9-26)11-13(12)27(21(22,23)24)18(29)16(17)19(30)33-5/h10-11H,6-9H2,1-5H3. The summed E-state index contributed by atoms with van der Waals surface area (Å²) in [6, 6.07) is 2.06. The number of likely N-dealkylation sites (N-methyl/N-ethyl adjacent to an activating group) is 1. The number of fused-ring (bicyclic) bond motifs is 1. The van der Waals surface area contributed by atoms with Crippen molar-refractivity contribution in [3.05, 3.63) is 43.7 Å². The highest BCUT2D eigenvalue weighted by Crippen LogP contribution is 2.40. The number of rotatable bonds is 3. The molecule has 2 aromatic rings. The molecule has 1 aliphatic heterocycles. The number of esters is 1. The van der Waals surface area contributed by atoms with Gasteiger partial charge in [-0.25, -0.2) is 9.36 Å². The fraction of sp³-hybridized carbons (Fsp3) is 0.524. The van der Waals surface area contributed by atoms with E-state index in [2.05, 4.69) is 4.74 Å². The van der Waals surface area contributed by atoms with Gasteiger partial charge in [0.1, 0.15) is 11.3 Å². The number of hydrogen-bond donors (Lipinski definition) is 0. The molecule has 180 valence electrons. The van der Waals surface area contributed by atoms with E-state index >= 15 is 0 Å². The van der Waals surface area contributed by atoms with Crippen LogP contribution in [0, 0.1) is 10.1 Å². The highest BCUT2D eigenvalue weighted by molar-refractivity contribution is 6.00. The molecule has 1 fully saturated rings. The van der Waals surface area contributed by atoms with E-state index < -0.39 is 49.5 Å². The predicted molar refractivity (Wildman–Crippen MR) is 116 cm³/mol. The molecule has 1 aromatic carbocycles. The van der Waals surface area contributed by atoms with Gasteiger partial charge in [-0.15, -0.1) is 13.2 Å². The van der Waals surface area contributed by atoms with Crippen LogP contribution < -0.4 is 10.5 Å². The molecule has 0 bridgehead atoms. The number of anilines is 1. The number of nitro benzene ring substituents is 1. The first kappa shape index (κ1) is 24.5. The van der Waals surface area contributed by atoms with Crippen molar-refractivity contribution in [2.75, 3.05) is 45.2 Å². The van der Waals surface area contributed by atoms with Crippen molar-refractivity contribution < 1.29 is 27.6 Å². The Hall–Kier alpha value is -3.15. The van der Waals surface area contributed by atoms with Gasteiger partial charge in [0.15, 0.2) is 0 Å². The Morgan fingerprint density at radius 3 is 2.15 bits per heavy atom. The Morgan fingerprint density at radius 1 is 1.12 bits per heavy atom. The van der Waals surface area contributed by atoms with Crippen molar-refractivity contribution in [1.29, 1.82) is 0 Å². The number of alkyl halides is 3. The molecule has 0 unspecified atom stereocenters. The summed E-state index contributed by atoms with van der Waals surface area (Å²) < 4.78 is 46.5. The molecule has 12 heteroatoms. The highest BCUT2D eigenvalue weighted by atomic mass is 19.4. The average Bonchev–Trinajstić information content (AvgIpc) is 2.70. The SMILES string of the molecule is COC(=O)c1c(C(C)(C)C)c2cc([N+](=O)[O-])c(N3CCN(C)CC3)cc2n(C(F)(F)F)c1=O. The summed E-state index contributed by atoms with van der Waals surface area (Å²) in [6.45, 7) is 6.67. The summed E-state index contributed by atoms with van der Waals surface area (Å²) in [5.74, 6) is -1.24. The van der Waals surface area contributed by atoms with Gasteiger partial charge in [0.2, 0.25) is 0 Å². The minimum Gasteiger partial charge on any atom is -0.465 e. The van der Waals surface area contributed by atoms with Gasteiger partial charge in [0.25, 0.3) is 11.2 Å². The number of methoxy groups -OCH3 is 1. The van der Waals surface area contributed by atoms with E-state index in [1.54, 1.807) is 25.7 Å². The van der Waals surface area contributed by atoms with Crippen LogP contribution in [0.15, 0.2) is 16.9 Å². The second-order valence-corrected chi connectivity index (χ2v) is 9.01. The monoisotopic (exact) mass is 470 g/mol. The first-order valence-electron chi connectivity index (χ1n) is 10.2. The maximum absolute atomic E-state index is 14.1. The molecule has 0 spiro atoms. The van der Waals surface area contributed by atoms with Gasteiger partial charge in [-0.2, -0.15) is 0 Å².